The van der Waals surface area contributed by atoms with Crippen molar-refractivity contribution in [2.45, 2.75) is 12.1 Å². The highest BCUT2D eigenvalue weighted by Gasteiger charge is 2.17. The molecule has 0 saturated heterocycles. The molecule has 2 N–H and O–H groups in total. The van der Waals surface area contributed by atoms with Crippen molar-refractivity contribution in [1.29, 1.82) is 0 Å². The number of rotatable bonds is 7. The molecule has 10 heteroatoms. The molecule has 0 fully saturated rings. The maximum absolute atomic E-state index is 12.4. The Bertz CT molecular complexity index is 1340. The smallest absolute Gasteiger partial charge is 0.250 e. The number of hydrogen-bond donors (Lipinski definition) is 2. The Morgan fingerprint density at radius 1 is 1.15 bits per heavy atom. The van der Waals surface area contributed by atoms with E-state index in [0.29, 0.717) is 21.6 Å². The van der Waals surface area contributed by atoms with Gasteiger partial charge in [0, 0.05) is 26.3 Å². The number of halogens is 2. The molecule has 0 aliphatic rings. The number of nitrogens with zero attached hydrogens (tertiary/aromatic N) is 4. The van der Waals surface area contributed by atoms with Gasteiger partial charge in [-0.1, -0.05) is 57.0 Å². The summed E-state index contributed by atoms with van der Waals surface area (Å²) in [5.41, 5.74) is 5.82. The highest BCUT2D eigenvalue weighted by molar-refractivity contribution is 9.10. The molecule has 3 aromatic carbocycles. The molecule has 7 nitrogen and oxygen atoms in total. The lowest BCUT2D eigenvalue weighted by Gasteiger charge is -2.10. The highest BCUT2D eigenvalue weighted by atomic mass is 79.9. The first-order valence-corrected chi connectivity index (χ1v) is 12.3. The van der Waals surface area contributed by atoms with Gasteiger partial charge in [-0.3, -0.25) is 9.36 Å². The van der Waals surface area contributed by atoms with Gasteiger partial charge in [0.05, 0.1) is 12.0 Å². The number of aromatic hydroxyl groups is 1. The van der Waals surface area contributed by atoms with Gasteiger partial charge in [0.25, 0.3) is 5.91 Å². The lowest BCUT2D eigenvalue weighted by Crippen LogP contribution is -2.20. The normalized spacial score (nSPS) is 11.1. The summed E-state index contributed by atoms with van der Waals surface area (Å²) in [6.45, 7) is 2.02. The summed E-state index contributed by atoms with van der Waals surface area (Å²) in [5.74, 6) is 0.470. The minimum Gasteiger partial charge on any atom is -0.507 e. The number of hydrazone groups is 1. The van der Waals surface area contributed by atoms with Gasteiger partial charge in [-0.25, -0.2) is 5.43 Å². The number of carbonyl (C=O) groups excluding carboxylic acids is 1. The zero-order valence-electron chi connectivity index (χ0n) is 17.9. The molecular formula is C24H19BrClN5O2S. The van der Waals surface area contributed by atoms with Crippen LogP contribution in [0.25, 0.3) is 17.1 Å². The van der Waals surface area contributed by atoms with Gasteiger partial charge in [-0.2, -0.15) is 5.10 Å². The van der Waals surface area contributed by atoms with Crippen LogP contribution < -0.4 is 5.43 Å². The van der Waals surface area contributed by atoms with E-state index in [1.165, 1.54) is 18.0 Å². The zero-order chi connectivity index (χ0) is 24.1. The number of carbonyl (C=O) groups is 1. The molecule has 4 aromatic rings. The van der Waals surface area contributed by atoms with Crippen molar-refractivity contribution in [3.05, 3.63) is 87.4 Å². The topological polar surface area (TPSA) is 92.4 Å². The first kappa shape index (κ1) is 24.0. The molecule has 0 aliphatic carbocycles. The maximum Gasteiger partial charge on any atom is 0.250 e. The SMILES string of the molecule is Cc1ccc(-n2c(SCC(=O)N/N=C\c3cc(Br)ccc3O)nnc2-c2ccc(Cl)cc2)cc1. The molecule has 172 valence electrons. The van der Waals surface area contributed by atoms with Gasteiger partial charge in [0.1, 0.15) is 5.75 Å². The predicted octanol–water partition coefficient (Wildman–Crippen LogP) is 5.61. The number of phenols is 1. The molecular weight excluding hydrogens is 538 g/mol. The molecule has 1 heterocycles. The molecule has 0 saturated carbocycles. The van der Waals surface area contributed by atoms with Crippen molar-refractivity contribution >= 4 is 51.4 Å². The van der Waals surface area contributed by atoms with Gasteiger partial charge in [0.15, 0.2) is 11.0 Å². The molecule has 0 unspecified atom stereocenters. The second-order valence-electron chi connectivity index (χ2n) is 7.27. The second-order valence-corrected chi connectivity index (χ2v) is 9.56. The van der Waals surface area contributed by atoms with Gasteiger partial charge >= 0.3 is 0 Å². The number of benzene rings is 3. The van der Waals surface area contributed by atoms with Gasteiger partial charge in [0.2, 0.25) is 0 Å². The van der Waals surface area contributed by atoms with Crippen LogP contribution in [0.15, 0.2) is 81.5 Å². The number of thioether (sulfide) groups is 1. The van der Waals surface area contributed by atoms with E-state index in [2.05, 4.69) is 36.7 Å². The first-order chi connectivity index (χ1) is 16.4. The molecule has 0 bridgehead atoms. The molecule has 1 amide bonds. The summed E-state index contributed by atoms with van der Waals surface area (Å²) in [6.07, 6.45) is 1.39. The van der Waals surface area contributed by atoms with Crippen molar-refractivity contribution in [3.8, 4) is 22.8 Å². The van der Waals surface area contributed by atoms with Crippen LogP contribution in [0, 0.1) is 6.92 Å². The second kappa shape index (κ2) is 10.9. The Kier molecular flexibility index (Phi) is 7.66. The van der Waals surface area contributed by atoms with E-state index in [1.54, 1.807) is 30.3 Å². The maximum atomic E-state index is 12.4. The Hall–Kier alpha value is -3.14. The molecule has 0 aliphatic heterocycles. The number of hydrogen-bond acceptors (Lipinski definition) is 6. The minimum atomic E-state index is -0.317. The summed E-state index contributed by atoms with van der Waals surface area (Å²) in [4.78, 5) is 12.4. The van der Waals surface area contributed by atoms with Gasteiger partial charge in [-0.15, -0.1) is 10.2 Å². The fourth-order valence-corrected chi connectivity index (χ4v) is 4.29. The van der Waals surface area contributed by atoms with Crippen molar-refractivity contribution in [2.24, 2.45) is 5.10 Å². The summed E-state index contributed by atoms with van der Waals surface area (Å²) < 4.78 is 2.70. The third-order valence-corrected chi connectivity index (χ3v) is 6.42. The van der Waals surface area contributed by atoms with Crippen molar-refractivity contribution in [1.82, 2.24) is 20.2 Å². The Morgan fingerprint density at radius 2 is 1.88 bits per heavy atom. The van der Waals surface area contributed by atoms with E-state index in [9.17, 15) is 9.90 Å². The third kappa shape index (κ3) is 5.85. The monoisotopic (exact) mass is 555 g/mol. The molecule has 34 heavy (non-hydrogen) atoms. The van der Waals surface area contributed by atoms with Crippen LogP contribution >= 0.6 is 39.3 Å². The largest absolute Gasteiger partial charge is 0.507 e. The summed E-state index contributed by atoms with van der Waals surface area (Å²) in [5, 5.41) is 23.7. The quantitative estimate of drug-likeness (QED) is 0.175. The van der Waals surface area contributed by atoms with Crippen LogP contribution in [0.1, 0.15) is 11.1 Å². The number of aromatic nitrogens is 3. The molecule has 4 rings (SSSR count). The van der Waals surface area contributed by atoms with Gasteiger partial charge < -0.3 is 5.11 Å². The van der Waals surface area contributed by atoms with Gasteiger partial charge in [-0.05, 0) is 61.5 Å². The number of amides is 1. The molecule has 0 atom stereocenters. The van der Waals surface area contributed by atoms with Crippen LogP contribution in [0.4, 0.5) is 0 Å². The molecule has 1 aromatic heterocycles. The summed E-state index contributed by atoms with van der Waals surface area (Å²) >= 11 is 10.6. The molecule has 0 spiro atoms. The van der Waals surface area contributed by atoms with Crippen LogP contribution in [0.5, 0.6) is 5.75 Å². The van der Waals surface area contributed by atoms with E-state index in [1.807, 2.05) is 47.9 Å². The van der Waals surface area contributed by atoms with Crippen molar-refractivity contribution in [3.63, 3.8) is 0 Å². The van der Waals surface area contributed by atoms with Crippen LogP contribution in [0.3, 0.4) is 0 Å². The Morgan fingerprint density at radius 3 is 2.62 bits per heavy atom. The first-order valence-electron chi connectivity index (χ1n) is 10.1. The van der Waals surface area contributed by atoms with E-state index in [4.69, 9.17) is 11.6 Å². The minimum absolute atomic E-state index is 0.0662. The highest BCUT2D eigenvalue weighted by Crippen LogP contribution is 2.29. The van der Waals surface area contributed by atoms with E-state index in [0.717, 1.165) is 21.3 Å². The fourth-order valence-electron chi connectivity index (χ4n) is 3.04. The number of phenolic OH excluding ortho intramolecular Hbond substituents is 1. The third-order valence-electron chi connectivity index (χ3n) is 4.74. The van der Waals surface area contributed by atoms with E-state index in [-0.39, 0.29) is 17.4 Å². The lowest BCUT2D eigenvalue weighted by molar-refractivity contribution is -0.118. The predicted molar refractivity (Wildman–Crippen MR) is 139 cm³/mol. The van der Waals surface area contributed by atoms with E-state index < -0.39 is 0 Å². The Labute approximate surface area is 214 Å². The Balaban J connectivity index is 1.51. The van der Waals surface area contributed by atoms with Crippen molar-refractivity contribution in [2.75, 3.05) is 5.75 Å². The lowest BCUT2D eigenvalue weighted by atomic mass is 10.2. The zero-order valence-corrected chi connectivity index (χ0v) is 21.1. The van der Waals surface area contributed by atoms with Crippen LogP contribution in [-0.2, 0) is 4.79 Å². The number of aryl methyl sites for hydroxylation is 1. The summed E-state index contributed by atoms with van der Waals surface area (Å²) in [7, 11) is 0. The average molecular weight is 557 g/mol. The summed E-state index contributed by atoms with van der Waals surface area (Å²) in [6, 6.07) is 20.3. The van der Waals surface area contributed by atoms with Crippen LogP contribution in [0.2, 0.25) is 5.02 Å². The fraction of sp³-hybridized carbons (Fsp3) is 0.0833. The number of nitrogens with one attached hydrogen (secondary N) is 1. The van der Waals surface area contributed by atoms with E-state index >= 15 is 0 Å². The standard InChI is InChI=1S/C24H19BrClN5O2S/c1-15-2-9-20(10-3-15)31-23(16-4-7-19(26)8-5-16)29-30-24(31)34-14-22(33)28-27-13-17-12-18(25)6-11-21(17)32/h2-13,32H,14H2,1H3,(H,28,33)/b27-13-. The van der Waals surface area contributed by atoms with Crippen LogP contribution in [-0.4, -0.2) is 37.7 Å². The van der Waals surface area contributed by atoms with Crippen molar-refractivity contribution < 1.29 is 9.90 Å². The average Bonchev–Trinajstić information content (AvgIpc) is 3.25. The molecule has 0 radical (unpaired) electrons.